The fraction of sp³-hybridized carbons (Fsp3) is 0.333. The van der Waals surface area contributed by atoms with Crippen LogP contribution in [-0.2, 0) is 6.18 Å². The Hall–Kier alpha value is -1.37. The van der Waals surface area contributed by atoms with Crippen LogP contribution in [0.2, 0.25) is 0 Å². The number of benzene rings is 1. The van der Waals surface area contributed by atoms with Gasteiger partial charge in [-0.15, -0.1) is 10.2 Å². The molecule has 0 amide bonds. The number of rotatable bonds is 2. The third-order valence-corrected chi connectivity index (χ3v) is 3.15. The molecular formula is C12H11BrF3N3. The summed E-state index contributed by atoms with van der Waals surface area (Å²) in [5.74, 6) is 0.217. The Bertz CT molecular complexity index is 590. The summed E-state index contributed by atoms with van der Waals surface area (Å²) in [6.07, 6.45) is -3.00. The molecule has 1 aromatic carbocycles. The zero-order valence-corrected chi connectivity index (χ0v) is 11.8. The number of nitrogens with zero attached hydrogens (tertiary/aromatic N) is 3. The van der Waals surface area contributed by atoms with Gasteiger partial charge in [0, 0.05) is 16.1 Å². The standard InChI is InChI=1S/C12H11BrF3N3/c1-7(2)19-6-17-18-11(19)9-4-3-8(13)5-10(9)12(14,15)16/h3-7H,1-2H3. The SMILES string of the molecule is CC(C)n1cnnc1-c1ccc(Br)cc1C(F)(F)F. The maximum Gasteiger partial charge on any atom is 0.417 e. The Balaban J connectivity index is 2.65. The molecule has 2 rings (SSSR count). The molecule has 0 saturated carbocycles. The molecule has 0 fully saturated rings. The lowest BCUT2D eigenvalue weighted by atomic mass is 10.1. The largest absolute Gasteiger partial charge is 0.417 e. The molecule has 1 heterocycles. The van der Waals surface area contributed by atoms with Crippen LogP contribution in [0.25, 0.3) is 11.4 Å². The number of alkyl halides is 3. The molecule has 0 radical (unpaired) electrons. The molecule has 19 heavy (non-hydrogen) atoms. The molecule has 0 aliphatic rings. The predicted octanol–water partition coefficient (Wildman–Crippen LogP) is 4.31. The Labute approximate surface area is 116 Å². The number of aromatic nitrogens is 3. The van der Waals surface area contributed by atoms with Gasteiger partial charge >= 0.3 is 6.18 Å². The van der Waals surface area contributed by atoms with Crippen LogP contribution in [0.15, 0.2) is 29.0 Å². The van der Waals surface area contributed by atoms with Crippen LogP contribution in [0.3, 0.4) is 0 Å². The predicted molar refractivity (Wildman–Crippen MR) is 68.5 cm³/mol. The second-order valence-electron chi connectivity index (χ2n) is 4.34. The summed E-state index contributed by atoms with van der Waals surface area (Å²) in [4.78, 5) is 0. The fourth-order valence-corrected chi connectivity index (χ4v) is 2.12. The Morgan fingerprint density at radius 1 is 1.26 bits per heavy atom. The molecule has 102 valence electrons. The minimum Gasteiger partial charge on any atom is -0.311 e. The smallest absolute Gasteiger partial charge is 0.311 e. The molecule has 3 nitrogen and oxygen atoms in total. The van der Waals surface area contributed by atoms with Crippen molar-refractivity contribution in [2.24, 2.45) is 0 Å². The van der Waals surface area contributed by atoms with Gasteiger partial charge in [-0.1, -0.05) is 15.9 Å². The molecule has 0 bridgehead atoms. The van der Waals surface area contributed by atoms with Gasteiger partial charge in [-0.05, 0) is 32.0 Å². The van der Waals surface area contributed by atoms with Gasteiger partial charge in [0.05, 0.1) is 5.56 Å². The van der Waals surface area contributed by atoms with Gasteiger partial charge < -0.3 is 4.57 Å². The van der Waals surface area contributed by atoms with Crippen LogP contribution < -0.4 is 0 Å². The van der Waals surface area contributed by atoms with Crippen molar-refractivity contribution in [3.63, 3.8) is 0 Å². The van der Waals surface area contributed by atoms with Gasteiger partial charge in [0.2, 0.25) is 0 Å². The zero-order chi connectivity index (χ0) is 14.2. The molecule has 2 aromatic rings. The van der Waals surface area contributed by atoms with E-state index in [0.717, 1.165) is 6.07 Å². The Morgan fingerprint density at radius 3 is 2.53 bits per heavy atom. The van der Waals surface area contributed by atoms with E-state index in [1.807, 2.05) is 13.8 Å². The van der Waals surface area contributed by atoms with Crippen molar-refractivity contribution in [3.05, 3.63) is 34.6 Å². The maximum atomic E-state index is 13.1. The van der Waals surface area contributed by atoms with Crippen molar-refractivity contribution in [1.82, 2.24) is 14.8 Å². The molecule has 0 aliphatic heterocycles. The molecular weight excluding hydrogens is 323 g/mol. The van der Waals surface area contributed by atoms with E-state index in [1.54, 1.807) is 10.6 Å². The van der Waals surface area contributed by atoms with Crippen molar-refractivity contribution in [2.45, 2.75) is 26.1 Å². The number of hydrogen-bond acceptors (Lipinski definition) is 2. The second-order valence-corrected chi connectivity index (χ2v) is 5.26. The van der Waals surface area contributed by atoms with Crippen molar-refractivity contribution >= 4 is 15.9 Å². The van der Waals surface area contributed by atoms with E-state index >= 15 is 0 Å². The van der Waals surface area contributed by atoms with Crippen molar-refractivity contribution in [2.75, 3.05) is 0 Å². The highest BCUT2D eigenvalue weighted by Gasteiger charge is 2.35. The van der Waals surface area contributed by atoms with E-state index in [0.29, 0.717) is 4.47 Å². The quantitative estimate of drug-likeness (QED) is 0.819. The van der Waals surface area contributed by atoms with Crippen LogP contribution in [0.4, 0.5) is 13.2 Å². The van der Waals surface area contributed by atoms with Gasteiger partial charge in [0.1, 0.15) is 6.33 Å². The molecule has 0 N–H and O–H groups in total. The van der Waals surface area contributed by atoms with E-state index < -0.39 is 11.7 Å². The summed E-state index contributed by atoms with van der Waals surface area (Å²) in [6, 6.07) is 3.99. The number of hydrogen-bond donors (Lipinski definition) is 0. The van der Waals surface area contributed by atoms with Gasteiger partial charge in [-0.2, -0.15) is 13.2 Å². The highest BCUT2D eigenvalue weighted by molar-refractivity contribution is 9.10. The zero-order valence-electron chi connectivity index (χ0n) is 10.2. The van der Waals surface area contributed by atoms with Gasteiger partial charge in [0.25, 0.3) is 0 Å². The van der Waals surface area contributed by atoms with Gasteiger partial charge in [0.15, 0.2) is 5.82 Å². The Kier molecular flexibility index (Phi) is 3.66. The summed E-state index contributed by atoms with van der Waals surface area (Å²) < 4.78 is 41.2. The van der Waals surface area contributed by atoms with Crippen molar-refractivity contribution < 1.29 is 13.2 Å². The van der Waals surface area contributed by atoms with Crippen LogP contribution in [0.5, 0.6) is 0 Å². The van der Waals surface area contributed by atoms with E-state index in [2.05, 4.69) is 26.1 Å². The van der Waals surface area contributed by atoms with Crippen LogP contribution in [0, 0.1) is 0 Å². The lowest BCUT2D eigenvalue weighted by molar-refractivity contribution is -0.137. The summed E-state index contributed by atoms with van der Waals surface area (Å²) in [7, 11) is 0. The van der Waals surface area contributed by atoms with E-state index in [4.69, 9.17) is 0 Å². The molecule has 7 heteroatoms. The second kappa shape index (κ2) is 4.96. The average molecular weight is 334 g/mol. The van der Waals surface area contributed by atoms with E-state index in [9.17, 15) is 13.2 Å². The van der Waals surface area contributed by atoms with Crippen molar-refractivity contribution in [3.8, 4) is 11.4 Å². The molecule has 0 spiro atoms. The van der Waals surface area contributed by atoms with Gasteiger partial charge in [-0.25, -0.2) is 0 Å². The first-order valence-electron chi connectivity index (χ1n) is 5.57. The first-order valence-corrected chi connectivity index (χ1v) is 6.36. The summed E-state index contributed by atoms with van der Waals surface area (Å²) >= 11 is 3.06. The van der Waals surface area contributed by atoms with Crippen molar-refractivity contribution in [1.29, 1.82) is 0 Å². The third kappa shape index (κ3) is 2.80. The summed E-state index contributed by atoms with van der Waals surface area (Å²) in [6.45, 7) is 3.72. The minimum absolute atomic E-state index is 0.0188. The highest BCUT2D eigenvalue weighted by atomic mass is 79.9. The first kappa shape index (κ1) is 14.0. The average Bonchev–Trinajstić information content (AvgIpc) is 2.76. The molecule has 0 aliphatic carbocycles. The molecule has 0 unspecified atom stereocenters. The lowest BCUT2D eigenvalue weighted by Crippen LogP contribution is -2.10. The molecule has 0 atom stereocenters. The summed E-state index contributed by atoms with van der Waals surface area (Å²) in [5, 5.41) is 7.51. The van der Waals surface area contributed by atoms with Crippen LogP contribution in [-0.4, -0.2) is 14.8 Å². The highest BCUT2D eigenvalue weighted by Crippen LogP contribution is 2.38. The lowest BCUT2D eigenvalue weighted by Gasteiger charge is -2.15. The minimum atomic E-state index is -4.44. The first-order chi connectivity index (χ1) is 8.80. The fourth-order valence-electron chi connectivity index (χ4n) is 1.76. The van der Waals surface area contributed by atoms with E-state index in [1.165, 1.54) is 12.4 Å². The normalized spacial score (nSPS) is 12.2. The van der Waals surface area contributed by atoms with Gasteiger partial charge in [-0.3, -0.25) is 0 Å². The summed E-state index contributed by atoms with van der Waals surface area (Å²) in [5.41, 5.74) is -0.696. The molecule has 0 saturated heterocycles. The van der Waals surface area contributed by atoms with E-state index in [-0.39, 0.29) is 17.4 Å². The maximum absolute atomic E-state index is 13.1. The molecule has 1 aromatic heterocycles. The van der Waals surface area contributed by atoms with Crippen LogP contribution in [0.1, 0.15) is 25.5 Å². The van der Waals surface area contributed by atoms with Crippen LogP contribution >= 0.6 is 15.9 Å². The topological polar surface area (TPSA) is 30.7 Å². The number of halogens is 4. The third-order valence-electron chi connectivity index (χ3n) is 2.66. The monoisotopic (exact) mass is 333 g/mol. The Morgan fingerprint density at radius 2 is 1.95 bits per heavy atom.